The van der Waals surface area contributed by atoms with Crippen molar-refractivity contribution in [3.63, 3.8) is 0 Å². The van der Waals surface area contributed by atoms with Gasteiger partial charge in [0.2, 0.25) is 0 Å². The van der Waals surface area contributed by atoms with E-state index in [0.717, 1.165) is 6.42 Å². The van der Waals surface area contributed by atoms with Gasteiger partial charge < -0.3 is 15.0 Å². The first kappa shape index (κ1) is 16.2. The Morgan fingerprint density at radius 3 is 2.60 bits per heavy atom. The van der Waals surface area contributed by atoms with Crippen LogP contribution in [-0.2, 0) is 11.8 Å². The van der Waals surface area contributed by atoms with Crippen molar-refractivity contribution in [2.24, 2.45) is 18.9 Å². The zero-order valence-corrected chi connectivity index (χ0v) is 12.3. The average molecular weight is 281 g/mol. The van der Waals surface area contributed by atoms with E-state index >= 15 is 0 Å². The molecule has 0 aliphatic carbocycles. The zero-order valence-electron chi connectivity index (χ0n) is 12.3. The standard InChI is InChI=1S/C14H23N3O3/c1-10(2)11(4-5-13(18)19)6-7-15-14(20)12-8-17(3)9-16-12/h8-11H,4-7H2,1-3H3,(H,15,20)(H,18,19). The number of aromatic nitrogens is 2. The molecule has 0 fully saturated rings. The van der Waals surface area contributed by atoms with E-state index in [4.69, 9.17) is 5.11 Å². The molecule has 6 heteroatoms. The molecule has 1 unspecified atom stereocenters. The van der Waals surface area contributed by atoms with E-state index in [9.17, 15) is 9.59 Å². The van der Waals surface area contributed by atoms with Gasteiger partial charge in [0.25, 0.3) is 5.91 Å². The monoisotopic (exact) mass is 281 g/mol. The van der Waals surface area contributed by atoms with Gasteiger partial charge in [-0.15, -0.1) is 0 Å². The normalized spacial score (nSPS) is 12.4. The van der Waals surface area contributed by atoms with Gasteiger partial charge in [-0.1, -0.05) is 13.8 Å². The third-order valence-electron chi connectivity index (χ3n) is 3.41. The summed E-state index contributed by atoms with van der Waals surface area (Å²) < 4.78 is 1.72. The summed E-state index contributed by atoms with van der Waals surface area (Å²) in [6.07, 6.45) is 4.85. The summed E-state index contributed by atoms with van der Waals surface area (Å²) in [5.74, 6) is -0.254. The van der Waals surface area contributed by atoms with Gasteiger partial charge >= 0.3 is 5.97 Å². The van der Waals surface area contributed by atoms with Gasteiger partial charge in [0.05, 0.1) is 6.33 Å². The fourth-order valence-corrected chi connectivity index (χ4v) is 2.11. The van der Waals surface area contributed by atoms with Crippen molar-refractivity contribution in [3.8, 4) is 0 Å². The lowest BCUT2D eigenvalue weighted by Gasteiger charge is -2.20. The van der Waals surface area contributed by atoms with E-state index in [1.807, 2.05) is 7.05 Å². The lowest BCUT2D eigenvalue weighted by atomic mass is 9.88. The van der Waals surface area contributed by atoms with E-state index < -0.39 is 5.97 Å². The number of amides is 1. The van der Waals surface area contributed by atoms with Crippen molar-refractivity contribution in [1.82, 2.24) is 14.9 Å². The average Bonchev–Trinajstić information content (AvgIpc) is 2.79. The highest BCUT2D eigenvalue weighted by Crippen LogP contribution is 2.20. The first-order valence-corrected chi connectivity index (χ1v) is 6.88. The van der Waals surface area contributed by atoms with Crippen LogP contribution in [0.15, 0.2) is 12.5 Å². The van der Waals surface area contributed by atoms with Crippen LogP contribution in [0.5, 0.6) is 0 Å². The molecule has 1 rings (SSSR count). The summed E-state index contributed by atoms with van der Waals surface area (Å²) in [6.45, 7) is 4.69. The lowest BCUT2D eigenvalue weighted by Crippen LogP contribution is -2.27. The Hall–Kier alpha value is -1.85. The fourth-order valence-electron chi connectivity index (χ4n) is 2.11. The number of carbonyl (C=O) groups is 2. The number of rotatable bonds is 8. The number of aliphatic carboxylic acids is 1. The van der Waals surface area contributed by atoms with E-state index in [1.54, 1.807) is 17.1 Å². The van der Waals surface area contributed by atoms with E-state index in [1.165, 1.54) is 0 Å². The Labute approximate surface area is 119 Å². The second-order valence-corrected chi connectivity index (χ2v) is 5.41. The predicted octanol–water partition coefficient (Wildman–Crippen LogP) is 1.68. The Balaban J connectivity index is 2.36. The molecule has 1 heterocycles. The van der Waals surface area contributed by atoms with Crippen molar-refractivity contribution in [3.05, 3.63) is 18.2 Å². The molecule has 1 aromatic rings. The number of aryl methyl sites for hydroxylation is 1. The topological polar surface area (TPSA) is 84.2 Å². The quantitative estimate of drug-likeness (QED) is 0.759. The van der Waals surface area contributed by atoms with E-state index in [2.05, 4.69) is 24.1 Å². The lowest BCUT2D eigenvalue weighted by molar-refractivity contribution is -0.137. The van der Waals surface area contributed by atoms with Crippen molar-refractivity contribution in [2.45, 2.75) is 33.1 Å². The molecule has 6 nitrogen and oxygen atoms in total. The molecule has 20 heavy (non-hydrogen) atoms. The minimum atomic E-state index is -0.770. The number of nitrogens with zero attached hydrogens (tertiary/aromatic N) is 2. The summed E-state index contributed by atoms with van der Waals surface area (Å²) >= 11 is 0. The Morgan fingerprint density at radius 2 is 2.10 bits per heavy atom. The van der Waals surface area contributed by atoms with E-state index in [0.29, 0.717) is 30.5 Å². The molecule has 112 valence electrons. The SMILES string of the molecule is CC(C)C(CCNC(=O)c1cn(C)cn1)CCC(=O)O. The fraction of sp³-hybridized carbons (Fsp3) is 0.643. The number of hydrogen-bond donors (Lipinski definition) is 2. The highest BCUT2D eigenvalue weighted by Gasteiger charge is 2.16. The molecule has 1 atom stereocenters. The van der Waals surface area contributed by atoms with Gasteiger partial charge in [-0.3, -0.25) is 9.59 Å². The minimum absolute atomic E-state index is 0.178. The largest absolute Gasteiger partial charge is 0.481 e. The number of hydrogen-bond acceptors (Lipinski definition) is 3. The smallest absolute Gasteiger partial charge is 0.303 e. The second kappa shape index (κ2) is 7.67. The summed E-state index contributed by atoms with van der Waals surface area (Å²) in [6, 6.07) is 0. The Kier molecular flexibility index (Phi) is 6.21. The van der Waals surface area contributed by atoms with Gasteiger partial charge in [-0.05, 0) is 24.7 Å². The first-order chi connectivity index (χ1) is 9.40. The van der Waals surface area contributed by atoms with Crippen LogP contribution in [0.1, 0.15) is 43.6 Å². The molecule has 0 bridgehead atoms. The number of carboxylic acids is 1. The van der Waals surface area contributed by atoms with Gasteiger partial charge in [0.15, 0.2) is 0 Å². The van der Waals surface area contributed by atoms with Gasteiger partial charge in [0, 0.05) is 26.2 Å². The third kappa shape index (κ3) is 5.42. The summed E-state index contributed by atoms with van der Waals surface area (Å²) in [7, 11) is 1.81. The molecule has 2 N–H and O–H groups in total. The van der Waals surface area contributed by atoms with Crippen LogP contribution in [0.3, 0.4) is 0 Å². The maximum atomic E-state index is 11.8. The van der Waals surface area contributed by atoms with Crippen LogP contribution in [0, 0.1) is 11.8 Å². The van der Waals surface area contributed by atoms with Crippen LogP contribution in [0.2, 0.25) is 0 Å². The number of imidazole rings is 1. The van der Waals surface area contributed by atoms with Crippen molar-refractivity contribution >= 4 is 11.9 Å². The number of carbonyl (C=O) groups excluding carboxylic acids is 1. The molecule has 0 saturated heterocycles. The first-order valence-electron chi connectivity index (χ1n) is 6.88. The third-order valence-corrected chi connectivity index (χ3v) is 3.41. The molecule has 0 spiro atoms. The molecule has 0 aliphatic rings. The zero-order chi connectivity index (χ0) is 15.1. The van der Waals surface area contributed by atoms with Crippen LogP contribution in [0.25, 0.3) is 0 Å². The molecule has 0 aliphatic heterocycles. The molecule has 1 amide bonds. The Bertz CT molecular complexity index is 454. The summed E-state index contributed by atoms with van der Waals surface area (Å²) in [5, 5.41) is 11.6. The van der Waals surface area contributed by atoms with Gasteiger partial charge in [-0.25, -0.2) is 4.98 Å². The molecular weight excluding hydrogens is 258 g/mol. The Morgan fingerprint density at radius 1 is 1.40 bits per heavy atom. The molecule has 0 aromatic carbocycles. The molecule has 0 saturated carbocycles. The van der Waals surface area contributed by atoms with Gasteiger partial charge in [-0.2, -0.15) is 0 Å². The minimum Gasteiger partial charge on any atom is -0.481 e. The van der Waals surface area contributed by atoms with Crippen molar-refractivity contribution in [1.29, 1.82) is 0 Å². The van der Waals surface area contributed by atoms with Crippen LogP contribution in [-0.4, -0.2) is 33.1 Å². The molecule has 1 aromatic heterocycles. The highest BCUT2D eigenvalue weighted by molar-refractivity contribution is 5.91. The maximum absolute atomic E-state index is 11.8. The number of nitrogens with one attached hydrogen (secondary N) is 1. The molecule has 0 radical (unpaired) electrons. The predicted molar refractivity (Wildman–Crippen MR) is 75.4 cm³/mol. The number of carboxylic acid groups (broad SMARTS) is 1. The van der Waals surface area contributed by atoms with Crippen LogP contribution < -0.4 is 5.32 Å². The highest BCUT2D eigenvalue weighted by atomic mass is 16.4. The maximum Gasteiger partial charge on any atom is 0.303 e. The van der Waals surface area contributed by atoms with Gasteiger partial charge in [0.1, 0.15) is 5.69 Å². The van der Waals surface area contributed by atoms with Crippen molar-refractivity contribution in [2.75, 3.05) is 6.54 Å². The summed E-state index contributed by atoms with van der Waals surface area (Å²) in [5.41, 5.74) is 0.402. The second-order valence-electron chi connectivity index (χ2n) is 5.41. The van der Waals surface area contributed by atoms with Crippen LogP contribution >= 0.6 is 0 Å². The van der Waals surface area contributed by atoms with Crippen molar-refractivity contribution < 1.29 is 14.7 Å². The summed E-state index contributed by atoms with van der Waals surface area (Å²) in [4.78, 5) is 26.4. The van der Waals surface area contributed by atoms with Crippen LogP contribution in [0.4, 0.5) is 0 Å². The molecular formula is C14H23N3O3. The van der Waals surface area contributed by atoms with E-state index in [-0.39, 0.29) is 12.3 Å².